The van der Waals surface area contributed by atoms with Gasteiger partial charge in [-0.15, -0.1) is 0 Å². The van der Waals surface area contributed by atoms with Gasteiger partial charge in [-0.3, -0.25) is 4.79 Å². The summed E-state index contributed by atoms with van der Waals surface area (Å²) in [5, 5.41) is 0. The van der Waals surface area contributed by atoms with Crippen LogP contribution in [-0.2, 0) is 25.2 Å². The van der Waals surface area contributed by atoms with Crippen LogP contribution in [0.1, 0.15) is 26.7 Å². The molecule has 1 rings (SSSR count). The van der Waals surface area contributed by atoms with Gasteiger partial charge in [-0.25, -0.2) is 0 Å². The van der Waals surface area contributed by atoms with Gasteiger partial charge >= 0.3 is 0 Å². The Morgan fingerprint density at radius 3 is 2.67 bits per heavy atom. The van der Waals surface area contributed by atoms with Crippen molar-refractivity contribution in [2.45, 2.75) is 26.7 Å². The van der Waals surface area contributed by atoms with Crippen LogP contribution in [0.15, 0.2) is 23.8 Å². The molecule has 0 saturated carbocycles. The second-order valence-electron chi connectivity index (χ2n) is 3.29. The first kappa shape index (κ1) is 11.8. The van der Waals surface area contributed by atoms with Gasteiger partial charge in [0.05, 0.1) is 0 Å². The topological polar surface area (TPSA) is 17.1 Å². The number of carbonyl (C=O) groups is 1. The van der Waals surface area contributed by atoms with Crippen LogP contribution in [0.2, 0.25) is 0 Å². The molecule has 1 aliphatic rings. The summed E-state index contributed by atoms with van der Waals surface area (Å²) in [6.45, 7) is 7.74. The molecule has 0 aromatic carbocycles. The molecular weight excluding hydrogens is 243 g/mol. The fraction of sp³-hybridized carbons (Fsp3) is 0.500. The fourth-order valence-electron chi connectivity index (χ4n) is 1.28. The maximum absolute atomic E-state index is 11.2. The molecule has 0 radical (unpaired) electrons. The molecule has 0 aliphatic heterocycles. The van der Waals surface area contributed by atoms with Gasteiger partial charge in [0.25, 0.3) is 0 Å². The van der Waals surface area contributed by atoms with Crippen molar-refractivity contribution >= 4 is 5.78 Å². The van der Waals surface area contributed by atoms with Crippen molar-refractivity contribution in [3.8, 4) is 0 Å². The van der Waals surface area contributed by atoms with E-state index in [2.05, 4.69) is 6.58 Å². The number of rotatable bonds is 1. The minimum atomic E-state index is 0. The van der Waals surface area contributed by atoms with Crippen molar-refractivity contribution in [1.82, 2.24) is 0 Å². The standard InChI is InChI=1S/C10H14O.Pd/c1-7(2)9-5-4-8(3)10(11)6-9;/h4,9H,1,5-6H2,2-3H3;. The molecule has 1 aliphatic carbocycles. The smallest absolute Gasteiger partial charge is 0.158 e. The summed E-state index contributed by atoms with van der Waals surface area (Å²) in [6.07, 6.45) is 3.68. The molecule has 0 N–H and O–H groups in total. The van der Waals surface area contributed by atoms with Crippen LogP contribution < -0.4 is 0 Å². The average Bonchev–Trinajstić information content (AvgIpc) is 1.94. The van der Waals surface area contributed by atoms with Gasteiger partial charge in [0, 0.05) is 26.8 Å². The summed E-state index contributed by atoms with van der Waals surface area (Å²) in [7, 11) is 0. The van der Waals surface area contributed by atoms with E-state index in [1.165, 1.54) is 0 Å². The third-order valence-corrected chi connectivity index (χ3v) is 2.28. The molecule has 1 atom stereocenters. The first-order valence-electron chi connectivity index (χ1n) is 3.96. The van der Waals surface area contributed by atoms with Crippen LogP contribution in [0, 0.1) is 5.92 Å². The number of allylic oxidation sites excluding steroid dienone is 3. The van der Waals surface area contributed by atoms with Gasteiger partial charge in [-0.05, 0) is 31.8 Å². The number of hydrogen-bond donors (Lipinski definition) is 0. The predicted molar refractivity (Wildman–Crippen MR) is 46.3 cm³/mol. The Labute approximate surface area is 87.6 Å². The molecule has 0 aromatic rings. The first-order chi connectivity index (χ1) is 5.11. The van der Waals surface area contributed by atoms with Crippen molar-refractivity contribution in [3.63, 3.8) is 0 Å². The third kappa shape index (κ3) is 2.70. The molecule has 2 heteroatoms. The van der Waals surface area contributed by atoms with Crippen molar-refractivity contribution in [2.75, 3.05) is 0 Å². The Morgan fingerprint density at radius 1 is 1.67 bits per heavy atom. The third-order valence-electron chi connectivity index (χ3n) is 2.28. The van der Waals surface area contributed by atoms with Crippen molar-refractivity contribution in [3.05, 3.63) is 23.8 Å². The Kier molecular flexibility index (Phi) is 4.67. The zero-order chi connectivity index (χ0) is 8.43. The van der Waals surface area contributed by atoms with E-state index in [1.807, 2.05) is 19.9 Å². The van der Waals surface area contributed by atoms with Gasteiger partial charge in [0.2, 0.25) is 0 Å². The Bertz CT molecular complexity index is 228. The van der Waals surface area contributed by atoms with Crippen molar-refractivity contribution < 1.29 is 25.2 Å². The summed E-state index contributed by atoms with van der Waals surface area (Å²) < 4.78 is 0. The Hall–Kier alpha value is -0.188. The van der Waals surface area contributed by atoms with Crippen LogP contribution >= 0.6 is 0 Å². The maximum atomic E-state index is 11.2. The molecule has 0 spiro atoms. The molecule has 70 valence electrons. The monoisotopic (exact) mass is 256 g/mol. The number of hydrogen-bond acceptors (Lipinski definition) is 1. The zero-order valence-electron chi connectivity index (χ0n) is 7.50. The minimum Gasteiger partial charge on any atom is -0.295 e. The van der Waals surface area contributed by atoms with E-state index < -0.39 is 0 Å². The normalized spacial score (nSPS) is 22.7. The average molecular weight is 257 g/mol. The first-order valence-corrected chi connectivity index (χ1v) is 3.96. The molecule has 0 heterocycles. The summed E-state index contributed by atoms with van der Waals surface area (Å²) in [6, 6.07) is 0. The molecule has 0 bridgehead atoms. The molecule has 0 saturated heterocycles. The molecule has 0 aromatic heterocycles. The van der Waals surface area contributed by atoms with E-state index in [4.69, 9.17) is 0 Å². The SMILES string of the molecule is C=C(C)C1CC=C(C)C(=O)C1.[Pd]. The van der Waals surface area contributed by atoms with Crippen molar-refractivity contribution in [1.29, 1.82) is 0 Å². The van der Waals surface area contributed by atoms with Crippen LogP contribution in [0.5, 0.6) is 0 Å². The van der Waals surface area contributed by atoms with Crippen LogP contribution in [0.4, 0.5) is 0 Å². The number of carbonyl (C=O) groups excluding carboxylic acids is 1. The molecule has 0 amide bonds. The van der Waals surface area contributed by atoms with E-state index in [-0.39, 0.29) is 26.2 Å². The maximum Gasteiger partial charge on any atom is 0.158 e. The number of Topliss-reactive ketones (excluding diaryl/α,β-unsaturated/α-hetero) is 1. The van der Waals surface area contributed by atoms with Gasteiger partial charge in [-0.2, -0.15) is 0 Å². The van der Waals surface area contributed by atoms with E-state index in [0.717, 1.165) is 17.6 Å². The summed E-state index contributed by atoms with van der Waals surface area (Å²) >= 11 is 0. The Balaban J connectivity index is 0.00000121. The molecule has 12 heavy (non-hydrogen) atoms. The van der Waals surface area contributed by atoms with Gasteiger partial charge in [0.1, 0.15) is 0 Å². The summed E-state index contributed by atoms with van der Waals surface area (Å²) in [5.74, 6) is 0.676. The van der Waals surface area contributed by atoms with E-state index in [1.54, 1.807) is 0 Å². The van der Waals surface area contributed by atoms with Gasteiger partial charge in [0.15, 0.2) is 5.78 Å². The summed E-state index contributed by atoms with van der Waals surface area (Å²) in [4.78, 5) is 11.2. The Morgan fingerprint density at radius 2 is 2.25 bits per heavy atom. The second kappa shape index (κ2) is 4.74. The van der Waals surface area contributed by atoms with Gasteiger partial charge in [-0.1, -0.05) is 18.2 Å². The summed E-state index contributed by atoms with van der Waals surface area (Å²) in [5.41, 5.74) is 2.05. The van der Waals surface area contributed by atoms with Gasteiger partial charge < -0.3 is 0 Å². The fourth-order valence-corrected chi connectivity index (χ4v) is 1.28. The minimum absolute atomic E-state index is 0. The predicted octanol–water partition coefficient (Wildman–Crippen LogP) is 2.49. The van der Waals surface area contributed by atoms with E-state index in [9.17, 15) is 4.79 Å². The van der Waals surface area contributed by atoms with Crippen LogP contribution in [0.3, 0.4) is 0 Å². The largest absolute Gasteiger partial charge is 0.295 e. The zero-order valence-corrected chi connectivity index (χ0v) is 9.06. The molecule has 1 nitrogen and oxygen atoms in total. The molecule has 1 unspecified atom stereocenters. The second-order valence-corrected chi connectivity index (χ2v) is 3.29. The quantitative estimate of drug-likeness (QED) is 0.520. The van der Waals surface area contributed by atoms with E-state index >= 15 is 0 Å². The van der Waals surface area contributed by atoms with Crippen molar-refractivity contribution in [2.24, 2.45) is 5.92 Å². The molecular formula is C10H14OPd. The van der Waals surface area contributed by atoms with Crippen LogP contribution in [0.25, 0.3) is 0 Å². The van der Waals surface area contributed by atoms with E-state index in [0.29, 0.717) is 12.3 Å². The number of ketones is 1. The molecule has 0 fully saturated rings. The van der Waals surface area contributed by atoms with Crippen LogP contribution in [-0.4, -0.2) is 5.78 Å².